The normalized spacial score (nSPS) is 16.9. The molecule has 2 saturated heterocycles. The van der Waals surface area contributed by atoms with Crippen molar-refractivity contribution in [2.75, 3.05) is 0 Å². The van der Waals surface area contributed by atoms with Gasteiger partial charge in [0.1, 0.15) is 11.6 Å². The van der Waals surface area contributed by atoms with Gasteiger partial charge in [0.05, 0.1) is 22.4 Å². The van der Waals surface area contributed by atoms with Crippen LogP contribution in [0, 0.1) is 40.7 Å². The molecule has 4 N–H and O–H groups in total. The van der Waals surface area contributed by atoms with Crippen LogP contribution in [0.2, 0.25) is 0 Å². The van der Waals surface area contributed by atoms with Crippen molar-refractivity contribution in [3.05, 3.63) is 106 Å². The van der Waals surface area contributed by atoms with Crippen LogP contribution in [0.4, 0.5) is 30.7 Å². The third kappa shape index (κ3) is 11.6. The smallest absolute Gasteiger partial charge is 0.495 e. The number of rotatable bonds is 4. The average molecular weight is 860 g/mol. The maximum absolute atomic E-state index is 13.6. The molecule has 2 aliphatic rings. The minimum absolute atomic E-state index is 0.0740. The van der Waals surface area contributed by atoms with Crippen LogP contribution in [0.3, 0.4) is 0 Å². The van der Waals surface area contributed by atoms with E-state index in [-0.39, 0.29) is 32.3 Å². The molecule has 2 fully saturated rings. The summed E-state index contributed by atoms with van der Waals surface area (Å²) in [5, 5.41) is 35.3. The molecule has 4 aromatic rings. The van der Waals surface area contributed by atoms with E-state index in [0.29, 0.717) is 0 Å². The van der Waals surface area contributed by atoms with Crippen LogP contribution in [-0.4, -0.2) is 64.6 Å². The standard InChI is InChI=1S/C12H8BF3O3.C12H15BF2O3.C6H12BO2.C6H3BrF2O/c14-8-2-1-3-9(6-8)19-12-10(15)4-7(13(17)18)5-11(12)16;1-11(2)12(3,4)18-13(17-11)7-5-8(14)10(16)9(15)6-7;1-5(2)6(3,4)9-7-8-5;7-3-1-4(8)6(10)5(9)2-3/h1-6,17-18H;5-6,16H,1-4H3;1-4H3;1-2,10H. The first-order chi connectivity index (χ1) is 25.7. The number of phenols is 2. The molecule has 56 heavy (non-hydrogen) atoms. The first-order valence-electron chi connectivity index (χ1n) is 16.5. The second-order valence-corrected chi connectivity index (χ2v) is 15.2. The van der Waals surface area contributed by atoms with Gasteiger partial charge in [-0.1, -0.05) is 22.0 Å². The highest BCUT2D eigenvalue weighted by Gasteiger charge is 2.52. The van der Waals surface area contributed by atoms with Crippen molar-refractivity contribution >= 4 is 48.8 Å². The van der Waals surface area contributed by atoms with Crippen LogP contribution < -0.4 is 15.7 Å². The third-order valence-corrected chi connectivity index (χ3v) is 9.47. The second kappa shape index (κ2) is 18.2. The van der Waals surface area contributed by atoms with Crippen LogP contribution in [0.15, 0.2) is 65.1 Å². The number of halogens is 8. The molecular weight excluding hydrogens is 822 g/mol. The largest absolute Gasteiger partial charge is 0.503 e. The monoisotopic (exact) mass is 859 g/mol. The second-order valence-electron chi connectivity index (χ2n) is 14.2. The van der Waals surface area contributed by atoms with Crippen LogP contribution in [0.25, 0.3) is 0 Å². The Balaban J connectivity index is 0.000000210. The predicted octanol–water partition coefficient (Wildman–Crippen LogP) is 7.10. The Labute approximate surface area is 329 Å². The zero-order chi connectivity index (χ0) is 42.6. The quantitative estimate of drug-likeness (QED) is 0.126. The summed E-state index contributed by atoms with van der Waals surface area (Å²) in [7, 11) is -1.42. The highest BCUT2D eigenvalue weighted by Crippen LogP contribution is 2.37. The van der Waals surface area contributed by atoms with Gasteiger partial charge in [0, 0.05) is 10.5 Å². The molecule has 0 aliphatic carbocycles. The van der Waals surface area contributed by atoms with E-state index in [1.54, 1.807) is 0 Å². The molecule has 0 atom stereocenters. The molecule has 20 heteroatoms. The Morgan fingerprint density at radius 1 is 0.625 bits per heavy atom. The Morgan fingerprint density at radius 2 is 1.05 bits per heavy atom. The summed E-state index contributed by atoms with van der Waals surface area (Å²) in [6.07, 6.45) is 0. The van der Waals surface area contributed by atoms with Crippen LogP contribution in [-0.2, 0) is 18.6 Å². The van der Waals surface area contributed by atoms with Crippen LogP contribution in [0.5, 0.6) is 23.0 Å². The minimum Gasteiger partial charge on any atom is -0.503 e. The lowest BCUT2D eigenvalue weighted by atomic mass is 9.79. The average Bonchev–Trinajstić information content (AvgIpc) is 3.46. The fourth-order valence-electron chi connectivity index (χ4n) is 4.26. The molecule has 2 heterocycles. The summed E-state index contributed by atoms with van der Waals surface area (Å²) < 4.78 is 118. The SMILES string of the molecule is CC1(C)OB(c2cc(F)c(O)c(F)c2)OC1(C)C.CC1(C)O[B]OC1(C)C.OB(O)c1cc(F)c(Oc2cccc(F)c2)c(F)c1.Oc1c(F)cc(Br)cc1F. The molecule has 9 nitrogen and oxygen atoms in total. The first kappa shape index (κ1) is 46.6. The summed E-state index contributed by atoms with van der Waals surface area (Å²) >= 11 is 2.86. The first-order valence-corrected chi connectivity index (χ1v) is 17.3. The van der Waals surface area contributed by atoms with Crippen molar-refractivity contribution in [3.8, 4) is 23.0 Å². The van der Waals surface area contributed by atoms with Gasteiger partial charge in [-0.2, -0.15) is 0 Å². The van der Waals surface area contributed by atoms with E-state index in [4.69, 9.17) is 43.6 Å². The number of hydrogen-bond acceptors (Lipinski definition) is 9. The zero-order valence-electron chi connectivity index (χ0n) is 31.4. The van der Waals surface area contributed by atoms with E-state index in [1.807, 2.05) is 55.4 Å². The van der Waals surface area contributed by atoms with Crippen molar-refractivity contribution in [1.29, 1.82) is 0 Å². The van der Waals surface area contributed by atoms with Crippen molar-refractivity contribution in [2.45, 2.75) is 77.8 Å². The fourth-order valence-corrected chi connectivity index (χ4v) is 4.66. The Hall–Kier alpha value is -3.78. The van der Waals surface area contributed by atoms with Gasteiger partial charge >= 0.3 is 21.9 Å². The van der Waals surface area contributed by atoms with E-state index in [0.717, 1.165) is 48.5 Å². The topological polar surface area (TPSA) is 127 Å². The molecule has 301 valence electrons. The van der Waals surface area contributed by atoms with Gasteiger partial charge in [-0.05, 0) is 115 Å². The molecule has 0 aromatic heterocycles. The highest BCUT2D eigenvalue weighted by molar-refractivity contribution is 9.10. The van der Waals surface area contributed by atoms with E-state index in [2.05, 4.69) is 15.9 Å². The van der Waals surface area contributed by atoms with Crippen LogP contribution in [0.1, 0.15) is 55.4 Å². The molecule has 2 aliphatic heterocycles. The number of hydrogen-bond donors (Lipinski definition) is 4. The number of benzene rings is 4. The van der Waals surface area contributed by atoms with E-state index < -0.39 is 83.4 Å². The van der Waals surface area contributed by atoms with Gasteiger partial charge in [0.25, 0.3) is 0 Å². The predicted molar refractivity (Wildman–Crippen MR) is 198 cm³/mol. The lowest BCUT2D eigenvalue weighted by Gasteiger charge is -2.32. The summed E-state index contributed by atoms with van der Waals surface area (Å²) in [6.45, 7) is 15.4. The maximum Gasteiger partial charge on any atom is 0.495 e. The Kier molecular flexibility index (Phi) is 15.2. The van der Waals surface area contributed by atoms with Crippen molar-refractivity contribution in [2.24, 2.45) is 0 Å². The van der Waals surface area contributed by atoms with Crippen molar-refractivity contribution < 1.29 is 74.3 Å². The van der Waals surface area contributed by atoms with Gasteiger partial charge in [0.2, 0.25) is 0 Å². The summed E-state index contributed by atoms with van der Waals surface area (Å²) in [5.41, 5.74) is -1.67. The number of phenolic OH excluding ortho intramolecular Hbond substituents is 2. The molecule has 4 aromatic carbocycles. The maximum atomic E-state index is 13.6. The number of aromatic hydroxyl groups is 2. The van der Waals surface area contributed by atoms with Gasteiger partial charge < -0.3 is 43.6 Å². The van der Waals surface area contributed by atoms with Gasteiger partial charge in [-0.3, -0.25) is 0 Å². The van der Waals surface area contributed by atoms with Crippen LogP contribution >= 0.6 is 15.9 Å². The van der Waals surface area contributed by atoms with E-state index >= 15 is 0 Å². The van der Waals surface area contributed by atoms with Gasteiger partial charge in [-0.15, -0.1) is 0 Å². The molecule has 6 rings (SSSR count). The molecule has 0 amide bonds. The molecule has 0 spiro atoms. The lowest BCUT2D eigenvalue weighted by Crippen LogP contribution is -2.41. The summed E-state index contributed by atoms with van der Waals surface area (Å²) in [6, 6.07) is 10.2. The lowest BCUT2D eigenvalue weighted by molar-refractivity contribution is 0.00578. The van der Waals surface area contributed by atoms with Crippen molar-refractivity contribution in [3.63, 3.8) is 0 Å². The zero-order valence-corrected chi connectivity index (χ0v) is 32.9. The summed E-state index contributed by atoms with van der Waals surface area (Å²) in [4.78, 5) is 0. The molecule has 1 radical (unpaired) electrons. The minimum atomic E-state index is -1.99. The Morgan fingerprint density at radius 3 is 1.43 bits per heavy atom. The molecular formula is C36H38B3BrF7O9. The van der Waals surface area contributed by atoms with E-state index in [1.165, 1.54) is 19.8 Å². The number of ether oxygens (including phenoxy) is 1. The van der Waals surface area contributed by atoms with Crippen molar-refractivity contribution in [1.82, 2.24) is 0 Å². The van der Waals surface area contributed by atoms with Gasteiger partial charge in [-0.25, -0.2) is 30.7 Å². The highest BCUT2D eigenvalue weighted by atomic mass is 79.9. The van der Waals surface area contributed by atoms with Gasteiger partial charge in [0.15, 0.2) is 52.2 Å². The molecule has 0 bridgehead atoms. The third-order valence-electron chi connectivity index (χ3n) is 9.02. The fraction of sp³-hybridized carbons (Fsp3) is 0.333. The molecule has 0 unspecified atom stereocenters. The molecule has 0 saturated carbocycles. The summed E-state index contributed by atoms with van der Waals surface area (Å²) in [5.74, 6) is -9.58. The Bertz CT molecular complexity index is 1910. The van der Waals surface area contributed by atoms with E-state index in [9.17, 15) is 30.7 Å².